The number of carbonyl (C=O) groups excluding carboxylic acids is 2. The van der Waals surface area contributed by atoms with E-state index >= 15 is 0 Å². The molecule has 6 N–H and O–H groups in total. The second-order valence-corrected chi connectivity index (χ2v) is 10.9. The third-order valence-corrected chi connectivity index (χ3v) is 7.91. The first-order valence-electron chi connectivity index (χ1n) is 12.6. The van der Waals surface area contributed by atoms with Gasteiger partial charge in [-0.2, -0.15) is 5.09 Å². The van der Waals surface area contributed by atoms with Crippen LogP contribution < -0.4 is 15.3 Å². The summed E-state index contributed by atoms with van der Waals surface area (Å²) in [5.74, 6) is -2.10. The maximum atomic E-state index is 13.7. The molecule has 14 nitrogen and oxygen atoms in total. The van der Waals surface area contributed by atoms with Gasteiger partial charge in [0.15, 0.2) is 5.69 Å². The molecule has 1 amide bonds. The predicted octanol–water partition coefficient (Wildman–Crippen LogP) is 1.27. The standard InChI is InChI=1S/C26H31N4O10P/c1-16(26(35)38-12-17-8-4-2-5-9-17)29-41(36,40-18-10-6-3-7-11-18)39-14-20-23(32)22(31)19(13-37-20)30-15-28-21(24(27)33)25(30)34/h2-11,15-16,19-20,22-23,31-32,34H,12-14H2,1H3,(H2,27,33)(H,29,36)/t16?,19?,20-,22+,23-,41?/m1/s1. The molecule has 0 bridgehead atoms. The van der Waals surface area contributed by atoms with Gasteiger partial charge in [0.1, 0.15) is 36.7 Å². The molecule has 0 saturated carbocycles. The van der Waals surface area contributed by atoms with Crippen LogP contribution in [0.5, 0.6) is 11.6 Å². The Labute approximate surface area is 235 Å². The third kappa shape index (κ3) is 7.50. The first-order chi connectivity index (χ1) is 19.6. The van der Waals surface area contributed by atoms with E-state index in [1.807, 2.05) is 6.07 Å². The Kier molecular flexibility index (Phi) is 9.76. The van der Waals surface area contributed by atoms with Crippen molar-refractivity contribution < 1.29 is 48.0 Å². The van der Waals surface area contributed by atoms with Gasteiger partial charge < -0.3 is 35.1 Å². The van der Waals surface area contributed by atoms with E-state index in [0.717, 1.165) is 16.5 Å². The highest BCUT2D eigenvalue weighted by molar-refractivity contribution is 7.52. The van der Waals surface area contributed by atoms with Crippen LogP contribution in [0.25, 0.3) is 0 Å². The number of amides is 1. The van der Waals surface area contributed by atoms with Crippen LogP contribution in [0.15, 0.2) is 67.0 Å². The lowest BCUT2D eigenvalue weighted by molar-refractivity contribution is -0.168. The van der Waals surface area contributed by atoms with Crippen molar-refractivity contribution in [2.45, 2.75) is 43.9 Å². The van der Waals surface area contributed by atoms with Crippen LogP contribution in [0.2, 0.25) is 0 Å². The van der Waals surface area contributed by atoms with Gasteiger partial charge in [0.2, 0.25) is 5.88 Å². The summed E-state index contributed by atoms with van der Waals surface area (Å²) in [7, 11) is -4.28. The number of ether oxygens (including phenoxy) is 2. The third-order valence-electron chi connectivity index (χ3n) is 6.27. The zero-order valence-corrected chi connectivity index (χ0v) is 22.9. The van der Waals surface area contributed by atoms with Gasteiger partial charge in [-0.15, -0.1) is 0 Å². The van der Waals surface area contributed by atoms with Crippen molar-refractivity contribution in [3.8, 4) is 11.6 Å². The number of para-hydroxylation sites is 1. The molecule has 15 heteroatoms. The van der Waals surface area contributed by atoms with Crippen LogP contribution in [0.3, 0.4) is 0 Å². The SMILES string of the molecule is CC(NP(=O)(OC[C@H]1OCC(n2cnc(C(N)=O)c2O)[C@H](O)[C@@H]1O)Oc1ccccc1)C(=O)OCc1ccccc1. The number of imidazole rings is 1. The average Bonchev–Trinajstić information content (AvgIpc) is 3.34. The van der Waals surface area contributed by atoms with Crippen molar-refractivity contribution in [3.05, 3.63) is 78.2 Å². The summed E-state index contributed by atoms with van der Waals surface area (Å²) < 4.78 is 36.9. The van der Waals surface area contributed by atoms with Crippen LogP contribution in [-0.4, -0.2) is 74.3 Å². The largest absolute Gasteiger partial charge is 0.493 e. The molecule has 1 aliphatic rings. The lowest BCUT2D eigenvalue weighted by Gasteiger charge is -2.38. The molecule has 3 unspecified atom stereocenters. The molecule has 41 heavy (non-hydrogen) atoms. The van der Waals surface area contributed by atoms with E-state index in [2.05, 4.69) is 10.1 Å². The summed E-state index contributed by atoms with van der Waals surface area (Å²) in [5, 5.41) is 34.2. The molecule has 6 atom stereocenters. The molecule has 0 spiro atoms. The quantitative estimate of drug-likeness (QED) is 0.149. The molecule has 2 aromatic carbocycles. The Morgan fingerprint density at radius 2 is 1.80 bits per heavy atom. The molecule has 0 aliphatic carbocycles. The zero-order chi connectivity index (χ0) is 29.6. The summed E-state index contributed by atoms with van der Waals surface area (Å²) in [6.45, 7) is 0.672. The van der Waals surface area contributed by atoms with E-state index in [0.29, 0.717) is 0 Å². The second kappa shape index (κ2) is 13.3. The zero-order valence-electron chi connectivity index (χ0n) is 22.0. The molecule has 1 aromatic heterocycles. The van der Waals surface area contributed by atoms with Crippen molar-refractivity contribution in [3.63, 3.8) is 0 Å². The smallest absolute Gasteiger partial charge is 0.459 e. The highest BCUT2D eigenvalue weighted by Crippen LogP contribution is 2.45. The highest BCUT2D eigenvalue weighted by atomic mass is 31.2. The van der Waals surface area contributed by atoms with Crippen molar-refractivity contribution in [2.75, 3.05) is 13.2 Å². The Bertz CT molecular complexity index is 1370. The molecule has 0 radical (unpaired) electrons. The summed E-state index contributed by atoms with van der Waals surface area (Å²) in [4.78, 5) is 27.7. The van der Waals surface area contributed by atoms with Crippen molar-refractivity contribution >= 4 is 19.6 Å². The monoisotopic (exact) mass is 590 g/mol. The van der Waals surface area contributed by atoms with Gasteiger partial charge in [0, 0.05) is 0 Å². The highest BCUT2D eigenvalue weighted by Gasteiger charge is 2.42. The number of carbonyl (C=O) groups is 2. The lowest BCUT2D eigenvalue weighted by Crippen LogP contribution is -2.52. The van der Waals surface area contributed by atoms with Crippen LogP contribution in [0, 0.1) is 0 Å². The summed E-state index contributed by atoms with van der Waals surface area (Å²) in [5.41, 5.74) is 5.53. The molecule has 4 rings (SSSR count). The van der Waals surface area contributed by atoms with Crippen LogP contribution in [-0.2, 0) is 30.0 Å². The number of primary amides is 1. The predicted molar refractivity (Wildman–Crippen MR) is 143 cm³/mol. The molecular weight excluding hydrogens is 559 g/mol. The van der Waals surface area contributed by atoms with E-state index in [9.17, 15) is 29.5 Å². The van der Waals surface area contributed by atoms with Crippen molar-refractivity contribution in [1.82, 2.24) is 14.6 Å². The summed E-state index contributed by atoms with van der Waals surface area (Å²) in [6, 6.07) is 15.0. The number of aromatic hydroxyl groups is 1. The number of nitrogens with zero attached hydrogens (tertiary/aromatic N) is 2. The minimum atomic E-state index is -4.28. The fourth-order valence-electron chi connectivity index (χ4n) is 4.05. The number of aromatic nitrogens is 2. The maximum Gasteiger partial charge on any atom is 0.459 e. The number of esters is 1. The maximum absolute atomic E-state index is 13.7. The number of aliphatic hydroxyl groups is 2. The van der Waals surface area contributed by atoms with Crippen LogP contribution in [0.4, 0.5) is 0 Å². The fraction of sp³-hybridized carbons (Fsp3) is 0.346. The Hall–Kier alpha value is -3.78. The van der Waals surface area contributed by atoms with Gasteiger partial charge in [-0.05, 0) is 24.6 Å². The minimum Gasteiger partial charge on any atom is -0.493 e. The van der Waals surface area contributed by atoms with Crippen LogP contribution >= 0.6 is 7.75 Å². The topological polar surface area (TPSA) is 205 Å². The first kappa shape index (κ1) is 30.2. The van der Waals surface area contributed by atoms with E-state index in [1.165, 1.54) is 19.1 Å². The van der Waals surface area contributed by atoms with Crippen molar-refractivity contribution in [2.24, 2.45) is 5.73 Å². The summed E-state index contributed by atoms with van der Waals surface area (Å²) >= 11 is 0. The van der Waals surface area contributed by atoms with Gasteiger partial charge in [-0.1, -0.05) is 48.5 Å². The van der Waals surface area contributed by atoms with Crippen molar-refractivity contribution in [1.29, 1.82) is 0 Å². The first-order valence-corrected chi connectivity index (χ1v) is 14.1. The fourth-order valence-corrected chi connectivity index (χ4v) is 5.56. The van der Waals surface area contributed by atoms with E-state index < -0.39 is 68.2 Å². The van der Waals surface area contributed by atoms with Crippen LogP contribution in [0.1, 0.15) is 29.0 Å². The molecular formula is C26H31N4O10P. The second-order valence-electron chi connectivity index (χ2n) is 9.25. The van der Waals surface area contributed by atoms with Gasteiger partial charge in [0.25, 0.3) is 5.91 Å². The number of hydrogen-bond acceptors (Lipinski definition) is 11. The van der Waals surface area contributed by atoms with Gasteiger partial charge in [-0.25, -0.2) is 9.55 Å². The number of nitrogens with two attached hydrogens (primary N) is 1. The summed E-state index contributed by atoms with van der Waals surface area (Å²) in [6.07, 6.45) is -3.18. The van der Waals surface area contributed by atoms with E-state index in [4.69, 9.17) is 24.3 Å². The average molecular weight is 591 g/mol. The van der Waals surface area contributed by atoms with Gasteiger partial charge in [-0.3, -0.25) is 18.7 Å². The number of nitrogens with one attached hydrogen (secondary N) is 1. The number of hydrogen-bond donors (Lipinski definition) is 5. The van der Waals surface area contributed by atoms with Gasteiger partial charge in [0.05, 0.1) is 25.6 Å². The van der Waals surface area contributed by atoms with Gasteiger partial charge >= 0.3 is 13.7 Å². The number of rotatable bonds is 12. The molecule has 1 fully saturated rings. The number of benzene rings is 2. The minimum absolute atomic E-state index is 0.00492. The lowest BCUT2D eigenvalue weighted by atomic mass is 9.98. The normalized spacial score (nSPS) is 22.8. The Morgan fingerprint density at radius 1 is 1.15 bits per heavy atom. The van der Waals surface area contributed by atoms with E-state index in [1.54, 1.807) is 42.5 Å². The Balaban J connectivity index is 1.41. The number of aliphatic hydroxyl groups excluding tert-OH is 2. The van der Waals surface area contributed by atoms with E-state index in [-0.39, 0.29) is 19.0 Å². The molecule has 1 saturated heterocycles. The molecule has 2 heterocycles. The molecule has 3 aromatic rings. The molecule has 1 aliphatic heterocycles. The molecule has 220 valence electrons. The Morgan fingerprint density at radius 3 is 2.44 bits per heavy atom.